The Morgan fingerprint density at radius 1 is 1.11 bits per heavy atom. The Morgan fingerprint density at radius 3 is 2.53 bits per heavy atom. The van der Waals surface area contributed by atoms with Crippen molar-refractivity contribution in [2.75, 3.05) is 0 Å². The number of nitrogens with zero attached hydrogens (tertiary/aromatic N) is 2. The summed E-state index contributed by atoms with van der Waals surface area (Å²) >= 11 is 0. The highest BCUT2D eigenvalue weighted by Crippen LogP contribution is 2.08. The van der Waals surface area contributed by atoms with Gasteiger partial charge in [0.25, 0.3) is 0 Å². The number of rotatable bonds is 6. The highest BCUT2D eigenvalue weighted by atomic mass is 15.3. The van der Waals surface area contributed by atoms with Crippen molar-refractivity contribution >= 4 is 0 Å². The van der Waals surface area contributed by atoms with Crippen molar-refractivity contribution < 1.29 is 0 Å². The summed E-state index contributed by atoms with van der Waals surface area (Å²) in [7, 11) is 0. The number of benzene rings is 1. The normalized spacial score (nSPS) is 12.8. The summed E-state index contributed by atoms with van der Waals surface area (Å²) in [5.41, 5.74) is 2.18. The molecule has 0 saturated heterocycles. The van der Waals surface area contributed by atoms with Gasteiger partial charge in [-0.15, -0.1) is 0 Å². The molecule has 0 aliphatic heterocycles. The summed E-state index contributed by atoms with van der Waals surface area (Å²) in [4.78, 5) is 0. The average molecular weight is 257 g/mol. The zero-order valence-electron chi connectivity index (χ0n) is 12.0. The second-order valence-corrected chi connectivity index (χ2v) is 5.50. The quantitative estimate of drug-likeness (QED) is 0.859. The van der Waals surface area contributed by atoms with Gasteiger partial charge in [0.05, 0.1) is 11.4 Å². The lowest BCUT2D eigenvalue weighted by Crippen LogP contribution is -2.27. The molecular formula is C16H23N3. The molecule has 0 amide bonds. The number of para-hydroxylation sites is 1. The van der Waals surface area contributed by atoms with Crippen LogP contribution in [-0.2, 0) is 6.54 Å². The van der Waals surface area contributed by atoms with Gasteiger partial charge in [0, 0.05) is 18.8 Å². The van der Waals surface area contributed by atoms with Crippen LogP contribution in [0.15, 0.2) is 42.6 Å². The summed E-state index contributed by atoms with van der Waals surface area (Å²) < 4.78 is 1.92. The van der Waals surface area contributed by atoms with Crippen LogP contribution < -0.4 is 5.32 Å². The molecule has 1 heterocycles. The number of hydrogen-bond donors (Lipinski definition) is 1. The molecule has 1 aromatic heterocycles. The Morgan fingerprint density at radius 2 is 1.84 bits per heavy atom. The first-order chi connectivity index (χ1) is 9.15. The van der Waals surface area contributed by atoms with E-state index in [1.807, 2.05) is 29.1 Å². The van der Waals surface area contributed by atoms with Crippen molar-refractivity contribution in [2.24, 2.45) is 5.92 Å². The Kier molecular flexibility index (Phi) is 4.74. The summed E-state index contributed by atoms with van der Waals surface area (Å²) in [5.74, 6) is 0.726. The molecule has 0 aliphatic carbocycles. The molecule has 1 aromatic carbocycles. The average Bonchev–Trinajstić information content (AvgIpc) is 2.85. The fraction of sp³-hybridized carbons (Fsp3) is 0.438. The van der Waals surface area contributed by atoms with E-state index in [1.54, 1.807) is 0 Å². The predicted molar refractivity (Wildman–Crippen MR) is 79.3 cm³/mol. The monoisotopic (exact) mass is 257 g/mol. The highest BCUT2D eigenvalue weighted by Gasteiger charge is 2.06. The first-order valence-corrected chi connectivity index (χ1v) is 6.98. The summed E-state index contributed by atoms with van der Waals surface area (Å²) in [5, 5.41) is 8.10. The molecule has 2 rings (SSSR count). The van der Waals surface area contributed by atoms with Crippen LogP contribution in [0.2, 0.25) is 0 Å². The van der Waals surface area contributed by atoms with Crippen LogP contribution in [0.4, 0.5) is 0 Å². The third-order valence-corrected chi connectivity index (χ3v) is 3.12. The van der Waals surface area contributed by atoms with E-state index in [1.165, 1.54) is 6.42 Å². The molecule has 3 nitrogen and oxygen atoms in total. The van der Waals surface area contributed by atoms with Gasteiger partial charge in [-0.2, -0.15) is 5.10 Å². The van der Waals surface area contributed by atoms with Crippen LogP contribution in [0.25, 0.3) is 5.69 Å². The van der Waals surface area contributed by atoms with E-state index in [0.717, 1.165) is 23.8 Å². The van der Waals surface area contributed by atoms with Gasteiger partial charge in [-0.25, -0.2) is 4.68 Å². The van der Waals surface area contributed by atoms with Gasteiger partial charge in [0.1, 0.15) is 0 Å². The van der Waals surface area contributed by atoms with Gasteiger partial charge in [0.2, 0.25) is 0 Å². The Labute approximate surface area is 115 Å². The minimum Gasteiger partial charge on any atom is -0.309 e. The van der Waals surface area contributed by atoms with E-state index < -0.39 is 0 Å². The van der Waals surface area contributed by atoms with E-state index in [9.17, 15) is 0 Å². The predicted octanol–water partition coefficient (Wildman–Crippen LogP) is 3.40. The molecule has 1 unspecified atom stereocenters. The maximum atomic E-state index is 4.59. The molecule has 3 heteroatoms. The molecule has 0 fully saturated rings. The summed E-state index contributed by atoms with van der Waals surface area (Å²) in [6.45, 7) is 7.56. The van der Waals surface area contributed by atoms with Crippen molar-refractivity contribution in [2.45, 2.75) is 39.8 Å². The molecule has 1 atom stereocenters. The smallest absolute Gasteiger partial charge is 0.0766 e. The van der Waals surface area contributed by atoms with Gasteiger partial charge in [-0.3, -0.25) is 0 Å². The van der Waals surface area contributed by atoms with Crippen molar-refractivity contribution in [1.29, 1.82) is 0 Å². The Balaban J connectivity index is 1.91. The fourth-order valence-corrected chi connectivity index (χ4v) is 2.25. The van der Waals surface area contributed by atoms with Crippen LogP contribution >= 0.6 is 0 Å². The summed E-state index contributed by atoms with van der Waals surface area (Å²) in [6.07, 6.45) is 3.21. The Bertz CT molecular complexity index is 488. The fourth-order valence-electron chi connectivity index (χ4n) is 2.25. The minimum absolute atomic E-state index is 0.530. The van der Waals surface area contributed by atoms with E-state index in [2.05, 4.69) is 49.4 Å². The lowest BCUT2D eigenvalue weighted by molar-refractivity contribution is 0.439. The van der Waals surface area contributed by atoms with Crippen molar-refractivity contribution in [3.63, 3.8) is 0 Å². The highest BCUT2D eigenvalue weighted by molar-refractivity contribution is 5.30. The van der Waals surface area contributed by atoms with Crippen molar-refractivity contribution in [3.05, 3.63) is 48.3 Å². The number of nitrogens with one attached hydrogen (secondary N) is 1. The first-order valence-electron chi connectivity index (χ1n) is 6.98. The lowest BCUT2D eigenvalue weighted by Gasteiger charge is -2.14. The second kappa shape index (κ2) is 6.53. The van der Waals surface area contributed by atoms with Gasteiger partial charge in [0.15, 0.2) is 0 Å². The van der Waals surface area contributed by atoms with Crippen molar-refractivity contribution in [3.8, 4) is 5.69 Å². The van der Waals surface area contributed by atoms with E-state index in [4.69, 9.17) is 0 Å². The van der Waals surface area contributed by atoms with Gasteiger partial charge in [-0.1, -0.05) is 32.0 Å². The molecule has 0 saturated carbocycles. The molecule has 102 valence electrons. The van der Waals surface area contributed by atoms with E-state index >= 15 is 0 Å². The Hall–Kier alpha value is -1.61. The van der Waals surface area contributed by atoms with Crippen LogP contribution in [0.1, 0.15) is 32.9 Å². The maximum Gasteiger partial charge on any atom is 0.0766 e. The van der Waals surface area contributed by atoms with Crippen molar-refractivity contribution in [1.82, 2.24) is 15.1 Å². The van der Waals surface area contributed by atoms with Crippen LogP contribution in [0.5, 0.6) is 0 Å². The first kappa shape index (κ1) is 13.8. The molecule has 0 aliphatic rings. The SMILES string of the molecule is CC(C)CC(C)NCc1ccn(-c2ccccc2)n1. The topological polar surface area (TPSA) is 29.9 Å². The molecule has 1 N–H and O–H groups in total. The second-order valence-electron chi connectivity index (χ2n) is 5.50. The van der Waals surface area contributed by atoms with Gasteiger partial charge in [-0.05, 0) is 37.5 Å². The van der Waals surface area contributed by atoms with Gasteiger partial charge >= 0.3 is 0 Å². The third-order valence-electron chi connectivity index (χ3n) is 3.12. The van der Waals surface area contributed by atoms with Crippen LogP contribution in [0.3, 0.4) is 0 Å². The summed E-state index contributed by atoms with van der Waals surface area (Å²) in [6, 6.07) is 12.8. The lowest BCUT2D eigenvalue weighted by atomic mass is 10.1. The zero-order chi connectivity index (χ0) is 13.7. The largest absolute Gasteiger partial charge is 0.309 e. The molecule has 2 aromatic rings. The zero-order valence-corrected chi connectivity index (χ0v) is 12.0. The van der Waals surface area contributed by atoms with Crippen LogP contribution in [0, 0.1) is 5.92 Å². The standard InChI is InChI=1S/C16H23N3/c1-13(2)11-14(3)17-12-15-9-10-19(18-15)16-7-5-4-6-8-16/h4-10,13-14,17H,11-12H2,1-3H3. The minimum atomic E-state index is 0.530. The molecule has 0 spiro atoms. The van der Waals surface area contributed by atoms with E-state index in [-0.39, 0.29) is 0 Å². The maximum absolute atomic E-state index is 4.59. The van der Waals surface area contributed by atoms with Gasteiger partial charge < -0.3 is 5.32 Å². The van der Waals surface area contributed by atoms with E-state index in [0.29, 0.717) is 6.04 Å². The molecule has 0 radical (unpaired) electrons. The number of hydrogen-bond acceptors (Lipinski definition) is 2. The molecule has 0 bridgehead atoms. The molecular weight excluding hydrogens is 234 g/mol. The third kappa shape index (κ3) is 4.21. The molecule has 19 heavy (non-hydrogen) atoms. The van der Waals surface area contributed by atoms with Crippen LogP contribution in [-0.4, -0.2) is 15.8 Å². The number of aromatic nitrogens is 2.